The highest BCUT2D eigenvalue weighted by atomic mass is 32.2. The van der Waals surface area contributed by atoms with Crippen LogP contribution in [-0.4, -0.2) is 25.3 Å². The van der Waals surface area contributed by atoms with E-state index in [1.54, 1.807) is 20.3 Å². The number of fused-ring (bicyclic) bond motifs is 1. The number of hydrogen-bond acceptors (Lipinski definition) is 6. The van der Waals surface area contributed by atoms with Crippen molar-refractivity contribution >= 4 is 45.4 Å². The van der Waals surface area contributed by atoms with Crippen molar-refractivity contribution in [3.05, 3.63) is 101 Å². The largest absolute Gasteiger partial charge is 0.497 e. The zero-order valence-corrected chi connectivity index (χ0v) is 20.7. The molecule has 4 aromatic carbocycles. The molecular weight excluding hydrogens is 472 g/mol. The fourth-order valence-corrected chi connectivity index (χ4v) is 4.76. The number of rotatable bonds is 7. The second-order valence-corrected chi connectivity index (χ2v) is 9.02. The van der Waals surface area contributed by atoms with Gasteiger partial charge >= 0.3 is 0 Å². The normalized spacial score (nSPS) is 15.3. The minimum atomic E-state index is -0.213. The standard InChI is InChI=1S/C29H24N2O4S/c1-33-23-15-13-22(14-16-23)30-29-31-28(32)26(36-29)17-20-9-6-12-25(34-2)27(20)35-18-21-10-5-8-19-7-3-4-11-24(19)21/h3-17H,18H2,1-2H3,(H,30,31,32)/b26-17-. The third-order valence-corrected chi connectivity index (χ3v) is 6.63. The average Bonchev–Trinajstić information content (AvgIpc) is 3.26. The van der Waals surface area contributed by atoms with Crippen LogP contribution in [0.5, 0.6) is 17.2 Å². The third kappa shape index (κ3) is 5.06. The smallest absolute Gasteiger partial charge is 0.264 e. The molecule has 0 bridgehead atoms. The molecule has 180 valence electrons. The fourth-order valence-electron chi connectivity index (χ4n) is 3.93. The Morgan fingerprint density at radius 1 is 0.889 bits per heavy atom. The summed E-state index contributed by atoms with van der Waals surface area (Å²) in [4.78, 5) is 17.7. The summed E-state index contributed by atoms with van der Waals surface area (Å²) < 4.78 is 17.1. The molecule has 0 unspecified atom stereocenters. The molecule has 0 radical (unpaired) electrons. The van der Waals surface area contributed by atoms with Crippen LogP contribution in [0.25, 0.3) is 16.8 Å². The first kappa shape index (κ1) is 23.5. The van der Waals surface area contributed by atoms with Crippen molar-refractivity contribution in [3.63, 3.8) is 0 Å². The van der Waals surface area contributed by atoms with E-state index in [2.05, 4.69) is 34.6 Å². The first-order chi connectivity index (χ1) is 17.6. The second-order valence-electron chi connectivity index (χ2n) is 7.99. The number of ether oxygens (including phenoxy) is 3. The van der Waals surface area contributed by atoms with Gasteiger partial charge in [-0.15, -0.1) is 0 Å². The highest BCUT2D eigenvalue weighted by Gasteiger charge is 2.25. The first-order valence-corrected chi connectivity index (χ1v) is 12.2. The molecule has 36 heavy (non-hydrogen) atoms. The Morgan fingerprint density at radius 3 is 2.47 bits per heavy atom. The van der Waals surface area contributed by atoms with Crippen LogP contribution in [0.1, 0.15) is 11.1 Å². The van der Waals surface area contributed by atoms with Gasteiger partial charge in [-0.25, -0.2) is 4.99 Å². The van der Waals surface area contributed by atoms with E-state index in [0.29, 0.717) is 28.2 Å². The van der Waals surface area contributed by atoms with Gasteiger partial charge < -0.3 is 19.5 Å². The molecule has 1 N–H and O–H groups in total. The molecular formula is C29H24N2O4S. The Morgan fingerprint density at radius 2 is 1.67 bits per heavy atom. The lowest BCUT2D eigenvalue weighted by atomic mass is 10.1. The van der Waals surface area contributed by atoms with Crippen molar-refractivity contribution in [3.8, 4) is 17.2 Å². The summed E-state index contributed by atoms with van der Waals surface area (Å²) in [7, 11) is 3.22. The number of amidine groups is 1. The molecule has 6 nitrogen and oxygen atoms in total. The molecule has 4 aromatic rings. The van der Waals surface area contributed by atoms with Crippen molar-refractivity contribution < 1.29 is 19.0 Å². The zero-order valence-electron chi connectivity index (χ0n) is 19.9. The number of carbonyl (C=O) groups excluding carboxylic acids is 1. The van der Waals surface area contributed by atoms with Crippen LogP contribution < -0.4 is 19.5 Å². The number of thioether (sulfide) groups is 1. The molecule has 1 amide bonds. The summed E-state index contributed by atoms with van der Waals surface area (Å²) in [6.07, 6.45) is 1.80. The molecule has 1 aliphatic rings. The Labute approximate surface area is 213 Å². The van der Waals surface area contributed by atoms with Gasteiger partial charge in [-0.2, -0.15) is 0 Å². The van der Waals surface area contributed by atoms with E-state index in [4.69, 9.17) is 14.2 Å². The van der Waals surface area contributed by atoms with E-state index in [-0.39, 0.29) is 5.91 Å². The van der Waals surface area contributed by atoms with E-state index in [0.717, 1.165) is 33.3 Å². The summed E-state index contributed by atoms with van der Waals surface area (Å²) in [6, 6.07) is 27.3. The maximum absolute atomic E-state index is 12.7. The molecule has 5 rings (SSSR count). The Kier molecular flexibility index (Phi) is 6.91. The number of amides is 1. The monoisotopic (exact) mass is 496 g/mol. The van der Waals surface area contributed by atoms with E-state index >= 15 is 0 Å². The van der Waals surface area contributed by atoms with Gasteiger partial charge in [-0.1, -0.05) is 54.6 Å². The van der Waals surface area contributed by atoms with Gasteiger partial charge in [0.1, 0.15) is 12.4 Å². The van der Waals surface area contributed by atoms with Gasteiger partial charge in [0, 0.05) is 5.56 Å². The highest BCUT2D eigenvalue weighted by molar-refractivity contribution is 8.18. The zero-order chi connectivity index (χ0) is 24.9. The van der Waals surface area contributed by atoms with Gasteiger partial charge in [-0.3, -0.25) is 4.79 Å². The van der Waals surface area contributed by atoms with E-state index in [9.17, 15) is 4.79 Å². The molecule has 0 atom stereocenters. The van der Waals surface area contributed by atoms with Gasteiger partial charge in [0.15, 0.2) is 16.7 Å². The summed E-state index contributed by atoms with van der Waals surface area (Å²) >= 11 is 1.28. The second kappa shape index (κ2) is 10.6. The number of para-hydroxylation sites is 1. The van der Waals surface area contributed by atoms with Gasteiger partial charge in [-0.05, 0) is 64.5 Å². The molecule has 0 aliphatic carbocycles. The van der Waals surface area contributed by atoms with Crippen LogP contribution in [0.4, 0.5) is 5.69 Å². The lowest BCUT2D eigenvalue weighted by molar-refractivity contribution is -0.115. The van der Waals surface area contributed by atoms with E-state index in [1.807, 2.05) is 60.7 Å². The summed E-state index contributed by atoms with van der Waals surface area (Å²) in [5, 5.41) is 5.64. The van der Waals surface area contributed by atoms with Gasteiger partial charge in [0.2, 0.25) is 0 Å². The van der Waals surface area contributed by atoms with Crippen molar-refractivity contribution in [2.24, 2.45) is 4.99 Å². The molecule has 0 saturated carbocycles. The minimum Gasteiger partial charge on any atom is -0.497 e. The number of hydrogen-bond donors (Lipinski definition) is 1. The molecule has 1 aliphatic heterocycles. The number of methoxy groups -OCH3 is 2. The predicted octanol–water partition coefficient (Wildman–Crippen LogP) is 6.33. The molecule has 1 saturated heterocycles. The van der Waals surface area contributed by atoms with Crippen molar-refractivity contribution in [1.82, 2.24) is 5.32 Å². The maximum Gasteiger partial charge on any atom is 0.264 e. The number of carbonyl (C=O) groups is 1. The average molecular weight is 497 g/mol. The van der Waals surface area contributed by atoms with Crippen molar-refractivity contribution in [1.29, 1.82) is 0 Å². The Bertz CT molecular complexity index is 1470. The minimum absolute atomic E-state index is 0.213. The summed E-state index contributed by atoms with van der Waals surface area (Å²) in [5.41, 5.74) is 2.54. The number of aliphatic imine (C=N–C) groups is 1. The van der Waals surface area contributed by atoms with Crippen molar-refractivity contribution in [2.75, 3.05) is 14.2 Å². The predicted molar refractivity (Wildman–Crippen MR) is 145 cm³/mol. The van der Waals surface area contributed by atoms with Crippen LogP contribution in [0, 0.1) is 0 Å². The lowest BCUT2D eigenvalue weighted by Crippen LogP contribution is -2.19. The van der Waals surface area contributed by atoms with Crippen LogP contribution >= 0.6 is 11.8 Å². The summed E-state index contributed by atoms with van der Waals surface area (Å²) in [5.74, 6) is 1.71. The number of benzene rings is 4. The number of nitrogens with one attached hydrogen (secondary N) is 1. The molecule has 7 heteroatoms. The maximum atomic E-state index is 12.7. The van der Waals surface area contributed by atoms with Gasteiger partial charge in [0.25, 0.3) is 5.91 Å². The topological polar surface area (TPSA) is 69.2 Å². The summed E-state index contributed by atoms with van der Waals surface area (Å²) in [6.45, 7) is 0.363. The lowest BCUT2D eigenvalue weighted by Gasteiger charge is -2.15. The Balaban J connectivity index is 1.41. The van der Waals surface area contributed by atoms with Crippen LogP contribution in [0.15, 0.2) is 94.8 Å². The molecule has 1 fully saturated rings. The third-order valence-electron chi connectivity index (χ3n) is 5.72. The SMILES string of the molecule is COc1ccc(N=C2NC(=O)/C(=C/c3cccc(OC)c3OCc3cccc4ccccc34)S2)cc1. The van der Waals surface area contributed by atoms with E-state index < -0.39 is 0 Å². The van der Waals surface area contributed by atoms with Crippen molar-refractivity contribution in [2.45, 2.75) is 6.61 Å². The highest BCUT2D eigenvalue weighted by Crippen LogP contribution is 2.36. The Hall–Kier alpha value is -4.23. The molecule has 1 heterocycles. The molecule has 0 aromatic heterocycles. The van der Waals surface area contributed by atoms with Gasteiger partial charge in [0.05, 0.1) is 24.8 Å². The van der Waals surface area contributed by atoms with Crippen LogP contribution in [0.2, 0.25) is 0 Å². The quantitative estimate of drug-likeness (QED) is 0.303. The van der Waals surface area contributed by atoms with E-state index in [1.165, 1.54) is 11.8 Å². The number of nitrogens with zero attached hydrogens (tertiary/aromatic N) is 1. The van der Waals surface area contributed by atoms with Crippen LogP contribution in [0.3, 0.4) is 0 Å². The fraction of sp³-hybridized carbons (Fsp3) is 0.103. The van der Waals surface area contributed by atoms with Crippen LogP contribution in [-0.2, 0) is 11.4 Å². The molecule has 0 spiro atoms. The first-order valence-electron chi connectivity index (χ1n) is 11.3.